The molecule has 0 N–H and O–H groups in total. The fourth-order valence-electron chi connectivity index (χ4n) is 18.4. The van der Waals surface area contributed by atoms with Gasteiger partial charge >= 0.3 is 0 Å². The van der Waals surface area contributed by atoms with Crippen LogP contribution < -0.4 is 9.96 Å². The molecular weight excluding hydrogens is 1190 g/mol. The average molecular weight is 1240 g/mol. The Kier molecular flexibility index (Phi) is 10.5. The van der Waals surface area contributed by atoms with Gasteiger partial charge in [0.1, 0.15) is 22.7 Å². The predicted molar refractivity (Wildman–Crippen MR) is 410 cm³/mol. The second-order valence-corrected chi connectivity index (χ2v) is 27.4. The Morgan fingerprint density at radius 1 is 0.224 bits per heavy atom. The maximum atomic E-state index is 7.37. The molecule has 4 aliphatic rings. The van der Waals surface area contributed by atoms with Gasteiger partial charge in [-0.1, -0.05) is 255 Å². The summed E-state index contributed by atoms with van der Waals surface area (Å²) in [5.74, 6) is 1.79. The van der Waals surface area contributed by atoms with Crippen molar-refractivity contribution in [2.24, 2.45) is 0 Å². The highest BCUT2D eigenvalue weighted by Gasteiger charge is 2.33. The predicted octanol–water partition coefficient (Wildman–Crippen LogP) is 25.9. The van der Waals surface area contributed by atoms with Crippen LogP contribution in [0.2, 0.25) is 0 Å². The summed E-state index contributed by atoms with van der Waals surface area (Å²) in [4.78, 5) is 0. The molecule has 1 aromatic heterocycles. The van der Waals surface area contributed by atoms with Crippen molar-refractivity contribution in [3.63, 3.8) is 0 Å². The molecule has 0 bridgehead atoms. The van der Waals surface area contributed by atoms with Crippen LogP contribution in [0.3, 0.4) is 0 Å². The lowest BCUT2D eigenvalue weighted by Crippen LogP contribution is -2.16. The molecule has 450 valence electrons. The highest BCUT2D eigenvalue weighted by atomic mass is 16.5. The fourth-order valence-corrected chi connectivity index (χ4v) is 18.4. The molecule has 1 aliphatic heterocycles. The van der Waals surface area contributed by atoms with Gasteiger partial charge in [-0.05, 0) is 253 Å². The molecule has 23 rings (SSSR count). The molecule has 3 aliphatic carbocycles. The molecule has 0 amide bonds. The first kappa shape index (κ1) is 52.7. The van der Waals surface area contributed by atoms with E-state index in [1.807, 2.05) is 0 Å². The van der Waals surface area contributed by atoms with E-state index in [-0.39, 0.29) is 0 Å². The molecule has 2 heterocycles. The van der Waals surface area contributed by atoms with E-state index in [0.717, 1.165) is 79.5 Å². The summed E-state index contributed by atoms with van der Waals surface area (Å²) >= 11 is 0. The van der Waals surface area contributed by atoms with Gasteiger partial charge in [0.15, 0.2) is 0 Å². The summed E-state index contributed by atoms with van der Waals surface area (Å²) in [6.45, 7) is 0. The maximum Gasteiger partial charge on any atom is 0.143 e. The first-order valence-electron chi connectivity index (χ1n) is 34.3. The van der Waals surface area contributed by atoms with Crippen LogP contribution in [0.4, 0.5) is 0 Å². The van der Waals surface area contributed by atoms with Gasteiger partial charge in [-0.3, -0.25) is 0 Å². The van der Waals surface area contributed by atoms with Crippen molar-refractivity contribution in [2.75, 3.05) is 0 Å². The number of aryl methyl sites for hydroxylation is 1. The van der Waals surface area contributed by atoms with Gasteiger partial charge in [0, 0.05) is 27.3 Å². The van der Waals surface area contributed by atoms with E-state index in [2.05, 4.69) is 303 Å². The third-order valence-electron chi connectivity index (χ3n) is 22.6. The zero-order valence-corrected chi connectivity index (χ0v) is 53.1. The van der Waals surface area contributed by atoms with Gasteiger partial charge in [-0.15, -0.1) is 0 Å². The van der Waals surface area contributed by atoms with Crippen molar-refractivity contribution in [1.29, 1.82) is 0 Å². The van der Waals surface area contributed by atoms with Gasteiger partial charge in [0.25, 0.3) is 0 Å². The van der Waals surface area contributed by atoms with Crippen molar-refractivity contribution in [1.82, 2.24) is 0 Å². The lowest BCUT2D eigenvalue weighted by molar-refractivity contribution is 0.487. The number of fused-ring (bicyclic) bond motifs is 14. The largest absolute Gasteiger partial charge is 0.456 e. The van der Waals surface area contributed by atoms with Crippen molar-refractivity contribution in [3.05, 3.63) is 320 Å². The summed E-state index contributed by atoms with van der Waals surface area (Å²) in [7, 11) is 0. The van der Waals surface area contributed by atoms with Crippen molar-refractivity contribution >= 4 is 103 Å². The van der Waals surface area contributed by atoms with E-state index in [1.165, 1.54) is 175 Å². The van der Waals surface area contributed by atoms with E-state index in [9.17, 15) is 0 Å². The minimum absolute atomic E-state index is 0.871. The topological polar surface area (TPSA) is 22.4 Å². The Morgan fingerprint density at radius 2 is 0.786 bits per heavy atom. The van der Waals surface area contributed by atoms with E-state index >= 15 is 0 Å². The van der Waals surface area contributed by atoms with Crippen LogP contribution in [0.5, 0.6) is 11.5 Å². The minimum Gasteiger partial charge on any atom is -0.456 e. The van der Waals surface area contributed by atoms with E-state index < -0.39 is 0 Å². The zero-order valence-electron chi connectivity index (χ0n) is 53.1. The number of ether oxygens (including phenoxy) is 1. The van der Waals surface area contributed by atoms with E-state index in [0.29, 0.717) is 0 Å². The fraction of sp³-hybridized carbons (Fsp3) is 0.0208. The normalized spacial score (nSPS) is 13.1. The van der Waals surface area contributed by atoms with Crippen LogP contribution in [0.15, 0.2) is 308 Å². The van der Waals surface area contributed by atoms with Crippen LogP contribution in [-0.4, -0.2) is 0 Å². The molecule has 0 radical (unpaired) electrons. The summed E-state index contributed by atoms with van der Waals surface area (Å²) in [5.41, 5.74) is 30.2. The maximum absolute atomic E-state index is 7.37. The summed E-state index contributed by atoms with van der Waals surface area (Å²) in [6.07, 6.45) is 1.90. The van der Waals surface area contributed by atoms with Crippen LogP contribution in [0, 0.1) is 0 Å². The minimum atomic E-state index is 0.871. The van der Waals surface area contributed by atoms with Gasteiger partial charge in [0.05, 0.1) is 0 Å². The SMILES string of the molecule is c1ccc(-c2c3c(c(-c4ccc5oc6c(-c7ccc(-c8ccc(-c9ccc%10c(c9)-c9cccc%11cccc(c9%11)O%10)c9c8-c8cc%10ccccc%10c%10cccc-9c8%10)cc7)cc(C7=c8ccc9cccc%10ccc(c8c%109)CC7)cc6c5c4)c4ccccc24)-c2cccc4cccc-3c24)cc1. The highest BCUT2D eigenvalue weighted by Crippen LogP contribution is 2.60. The molecule has 98 heavy (non-hydrogen) atoms. The van der Waals surface area contributed by atoms with E-state index in [4.69, 9.17) is 9.15 Å². The molecule has 19 aromatic rings. The molecule has 0 saturated heterocycles. The van der Waals surface area contributed by atoms with Crippen LogP contribution in [0.1, 0.15) is 17.5 Å². The zero-order chi connectivity index (χ0) is 63.6. The molecule has 2 nitrogen and oxygen atoms in total. The number of benzene rings is 18. The van der Waals surface area contributed by atoms with Gasteiger partial charge in [-0.2, -0.15) is 0 Å². The van der Waals surface area contributed by atoms with Gasteiger partial charge < -0.3 is 9.15 Å². The van der Waals surface area contributed by atoms with E-state index in [1.54, 1.807) is 0 Å². The van der Waals surface area contributed by atoms with Gasteiger partial charge in [-0.25, -0.2) is 0 Å². The summed E-state index contributed by atoms with van der Waals surface area (Å²) < 4.78 is 14.0. The van der Waals surface area contributed by atoms with Crippen molar-refractivity contribution in [3.8, 4) is 123 Å². The van der Waals surface area contributed by atoms with Gasteiger partial charge in [0.2, 0.25) is 0 Å². The quantitative estimate of drug-likeness (QED) is 0.155. The Bertz CT molecular complexity index is 6900. The highest BCUT2D eigenvalue weighted by molar-refractivity contribution is 6.30. The third kappa shape index (κ3) is 7.15. The summed E-state index contributed by atoms with van der Waals surface area (Å²) in [6, 6.07) is 114. The van der Waals surface area contributed by atoms with Crippen LogP contribution in [-0.2, 0) is 6.42 Å². The molecule has 2 heteroatoms. The van der Waals surface area contributed by atoms with Crippen molar-refractivity contribution in [2.45, 2.75) is 12.8 Å². The summed E-state index contributed by atoms with van der Waals surface area (Å²) in [5, 5.41) is 21.4. The second-order valence-electron chi connectivity index (χ2n) is 27.4. The first-order chi connectivity index (χ1) is 48.6. The molecule has 0 unspecified atom stereocenters. The molecule has 0 spiro atoms. The average Bonchev–Trinajstić information content (AvgIpc) is 1.52. The lowest BCUT2D eigenvalue weighted by Gasteiger charge is -2.22. The standard InChI is InChI=1S/C96H54O2/c1-2-14-57(15-3-1)89-70-24-6-7-25-71(70)90(95-75-29-11-20-55-19-10-28-74(86(55)75)94(89)95)63-41-47-83-79(50-63)80-52-64(66-42-38-60-37-36-58-17-8-18-59-39-43-73(66)88(60)85(58)59)51-77(96(80)98-83)54-34-32-53(33-35-54)67-44-45-68(62-40-46-82-78(48-62)72-26-9-21-56-22-12-31-84(97-82)87(56)72)92-76-30-13-27-69-65-23-5-4-16-61(65)49-81(91(69)76)93(67)92/h1-37,39-41,43-52H,38,42H2. The number of hydrogen-bond acceptors (Lipinski definition) is 2. The second kappa shape index (κ2) is 19.5. The van der Waals surface area contributed by atoms with Crippen molar-refractivity contribution < 1.29 is 9.15 Å². The Balaban J connectivity index is 0.741. The van der Waals surface area contributed by atoms with Crippen LogP contribution in [0.25, 0.3) is 214 Å². The number of rotatable bonds is 6. The number of hydrogen-bond donors (Lipinski definition) is 0. The van der Waals surface area contributed by atoms with Crippen LogP contribution >= 0.6 is 0 Å². The first-order valence-corrected chi connectivity index (χ1v) is 34.3. The lowest BCUT2D eigenvalue weighted by atomic mass is 9.82. The monoisotopic (exact) mass is 1240 g/mol. The Labute approximate surface area is 563 Å². The Morgan fingerprint density at radius 3 is 1.56 bits per heavy atom. The number of furan rings is 1. The molecule has 0 fully saturated rings. The molecule has 18 aromatic carbocycles. The molecule has 0 atom stereocenters. The molecular formula is C96H54O2. The smallest absolute Gasteiger partial charge is 0.143 e. The third-order valence-corrected chi connectivity index (χ3v) is 22.6. The molecule has 0 saturated carbocycles. The Hall–Kier alpha value is -12.6.